The normalized spacial score (nSPS) is 25.3. The average molecular weight is 269 g/mol. The summed E-state index contributed by atoms with van der Waals surface area (Å²) >= 11 is 0. The lowest BCUT2D eigenvalue weighted by Gasteiger charge is -2.25. The van der Waals surface area contributed by atoms with Gasteiger partial charge in [0.25, 0.3) is 0 Å². The zero-order valence-electron chi connectivity index (χ0n) is 9.27. The Morgan fingerprint density at radius 1 is 1.31 bits per heavy atom. The van der Waals surface area contributed by atoms with Crippen molar-refractivity contribution in [2.45, 2.75) is 38.6 Å². The summed E-state index contributed by atoms with van der Waals surface area (Å²) in [5.41, 5.74) is 5.07. The quantitative estimate of drug-likeness (QED) is 0.816. The van der Waals surface area contributed by atoms with E-state index in [0.29, 0.717) is 6.54 Å². The van der Waals surface area contributed by atoms with Gasteiger partial charge in [-0.3, -0.25) is 9.59 Å². The maximum absolute atomic E-state index is 12.0. The second-order valence-electron chi connectivity index (χ2n) is 4.62. The van der Waals surface area contributed by atoms with Gasteiger partial charge < -0.3 is 10.6 Å². The van der Waals surface area contributed by atoms with E-state index in [1.807, 2.05) is 6.92 Å². The van der Waals surface area contributed by atoms with E-state index >= 15 is 0 Å². The van der Waals surface area contributed by atoms with Gasteiger partial charge in [-0.25, -0.2) is 0 Å². The molecule has 1 aliphatic carbocycles. The van der Waals surface area contributed by atoms with E-state index in [2.05, 4.69) is 0 Å². The van der Waals surface area contributed by atoms with Crippen LogP contribution in [-0.2, 0) is 9.59 Å². The van der Waals surface area contributed by atoms with Crippen molar-refractivity contribution >= 4 is 36.6 Å². The number of carbonyl (C=O) groups excluding carboxylic acids is 2. The van der Waals surface area contributed by atoms with Crippen LogP contribution < -0.4 is 5.73 Å². The summed E-state index contributed by atoms with van der Waals surface area (Å²) in [5.74, 6) is -0.237. The van der Waals surface area contributed by atoms with Crippen LogP contribution in [0.2, 0.25) is 0 Å². The van der Waals surface area contributed by atoms with Crippen molar-refractivity contribution in [3.8, 4) is 0 Å². The molecule has 4 nitrogen and oxygen atoms in total. The summed E-state index contributed by atoms with van der Waals surface area (Å²) in [6.45, 7) is 2.66. The smallest absolute Gasteiger partial charge is 0.240 e. The monoisotopic (exact) mass is 268 g/mol. The van der Waals surface area contributed by atoms with E-state index in [0.717, 1.165) is 25.7 Å². The third-order valence-corrected chi connectivity index (χ3v) is 3.36. The molecule has 1 saturated carbocycles. The number of amides is 2. The molecular formula is C10H18Cl2N2O2. The average Bonchev–Trinajstić information content (AvgIpc) is 2.69. The first kappa shape index (κ1) is 15.5. The molecule has 6 heteroatoms. The highest BCUT2D eigenvalue weighted by Crippen LogP contribution is 2.47. The number of primary amides is 1. The van der Waals surface area contributed by atoms with E-state index in [4.69, 9.17) is 5.73 Å². The van der Waals surface area contributed by atoms with Crippen molar-refractivity contribution in [3.05, 3.63) is 0 Å². The molecule has 1 aliphatic heterocycles. The van der Waals surface area contributed by atoms with Gasteiger partial charge in [0.2, 0.25) is 11.8 Å². The molecule has 0 aromatic carbocycles. The molecule has 94 valence electrons. The Kier molecular flexibility index (Phi) is 5.08. The van der Waals surface area contributed by atoms with E-state index in [1.54, 1.807) is 4.90 Å². The summed E-state index contributed by atoms with van der Waals surface area (Å²) in [6.07, 6.45) is 3.54. The molecule has 0 unspecified atom stereocenters. The van der Waals surface area contributed by atoms with E-state index < -0.39 is 0 Å². The van der Waals surface area contributed by atoms with Gasteiger partial charge in [0.1, 0.15) is 6.04 Å². The third kappa shape index (κ3) is 2.61. The van der Waals surface area contributed by atoms with Gasteiger partial charge in [-0.2, -0.15) is 0 Å². The molecule has 2 fully saturated rings. The Bertz CT molecular complexity index is 293. The predicted molar refractivity (Wildman–Crippen MR) is 65.8 cm³/mol. The van der Waals surface area contributed by atoms with Crippen LogP contribution >= 0.6 is 24.8 Å². The number of rotatable bonds is 2. The number of nitrogens with zero attached hydrogens (tertiary/aromatic N) is 1. The summed E-state index contributed by atoms with van der Waals surface area (Å²) in [6, 6.07) is -0.347. The molecule has 0 spiro atoms. The predicted octanol–water partition coefficient (Wildman–Crippen LogP) is 1.11. The van der Waals surface area contributed by atoms with Gasteiger partial charge in [0, 0.05) is 12.0 Å². The molecule has 2 rings (SSSR count). The Morgan fingerprint density at radius 3 is 2.31 bits per heavy atom. The van der Waals surface area contributed by atoms with Crippen molar-refractivity contribution in [3.63, 3.8) is 0 Å². The number of hydrogen-bond donors (Lipinski definition) is 1. The molecule has 16 heavy (non-hydrogen) atoms. The number of carbonyl (C=O) groups is 2. The maximum atomic E-state index is 12.0. The number of nitrogens with two attached hydrogens (primary N) is 1. The second-order valence-corrected chi connectivity index (χ2v) is 4.62. The minimum Gasteiger partial charge on any atom is -0.368 e. The van der Waals surface area contributed by atoms with E-state index in [1.165, 1.54) is 0 Å². The molecule has 0 bridgehead atoms. The van der Waals surface area contributed by atoms with Gasteiger partial charge in [0.15, 0.2) is 0 Å². The maximum Gasteiger partial charge on any atom is 0.240 e. The van der Waals surface area contributed by atoms with Gasteiger partial charge >= 0.3 is 0 Å². The lowest BCUT2D eigenvalue weighted by Crippen LogP contribution is -2.46. The standard InChI is InChI=1S/C10H16N2O2.2ClH/c1-10(4-5-10)9(14)12-6-2-3-7(12)8(11)13;;/h7H,2-6H2,1H3,(H2,11,13);2*1H/t7-;;/m0../s1. The van der Waals surface area contributed by atoms with Crippen molar-refractivity contribution in [2.75, 3.05) is 6.54 Å². The minimum atomic E-state index is -0.361. The first-order valence-electron chi connectivity index (χ1n) is 5.15. The van der Waals surface area contributed by atoms with Crippen LogP contribution in [0.1, 0.15) is 32.6 Å². The number of halogens is 2. The Labute approximate surface area is 108 Å². The highest BCUT2D eigenvalue weighted by atomic mass is 35.5. The van der Waals surface area contributed by atoms with Crippen molar-refractivity contribution in [1.82, 2.24) is 4.90 Å². The van der Waals surface area contributed by atoms with Crippen molar-refractivity contribution in [2.24, 2.45) is 11.1 Å². The molecular weight excluding hydrogens is 251 g/mol. The molecule has 2 N–H and O–H groups in total. The summed E-state index contributed by atoms with van der Waals surface area (Å²) in [4.78, 5) is 24.7. The zero-order valence-corrected chi connectivity index (χ0v) is 10.9. The largest absolute Gasteiger partial charge is 0.368 e. The fourth-order valence-corrected chi connectivity index (χ4v) is 2.05. The zero-order chi connectivity index (χ0) is 10.3. The van der Waals surface area contributed by atoms with Gasteiger partial charge in [-0.1, -0.05) is 6.92 Å². The van der Waals surface area contributed by atoms with Gasteiger partial charge in [0.05, 0.1) is 0 Å². The van der Waals surface area contributed by atoms with Crippen molar-refractivity contribution < 1.29 is 9.59 Å². The van der Waals surface area contributed by atoms with Crippen LogP contribution in [0.15, 0.2) is 0 Å². The fraction of sp³-hybridized carbons (Fsp3) is 0.800. The topological polar surface area (TPSA) is 63.4 Å². The Morgan fingerprint density at radius 2 is 1.88 bits per heavy atom. The highest BCUT2D eigenvalue weighted by molar-refractivity contribution is 5.91. The van der Waals surface area contributed by atoms with Crippen molar-refractivity contribution in [1.29, 1.82) is 0 Å². The molecule has 0 aromatic rings. The van der Waals surface area contributed by atoms with Gasteiger partial charge in [-0.15, -0.1) is 24.8 Å². The molecule has 1 saturated heterocycles. The summed E-state index contributed by atoms with van der Waals surface area (Å²) < 4.78 is 0. The molecule has 2 amide bonds. The molecule has 0 aromatic heterocycles. The Balaban J connectivity index is 0.00000112. The van der Waals surface area contributed by atoms with Crippen LogP contribution in [0, 0.1) is 5.41 Å². The minimum absolute atomic E-state index is 0. The number of hydrogen-bond acceptors (Lipinski definition) is 2. The fourth-order valence-electron chi connectivity index (χ4n) is 2.05. The molecule has 2 aliphatic rings. The summed E-state index contributed by atoms with van der Waals surface area (Å²) in [5, 5.41) is 0. The SMILES string of the molecule is CC1(C(=O)N2CCC[C@H]2C(N)=O)CC1.Cl.Cl. The molecule has 1 atom stereocenters. The lowest BCUT2D eigenvalue weighted by atomic mass is 10.1. The molecule has 1 heterocycles. The van der Waals surface area contributed by atoms with Gasteiger partial charge in [-0.05, 0) is 25.7 Å². The summed E-state index contributed by atoms with van der Waals surface area (Å²) in [7, 11) is 0. The first-order valence-corrected chi connectivity index (χ1v) is 5.15. The lowest BCUT2D eigenvalue weighted by molar-refractivity contribution is -0.141. The molecule has 0 radical (unpaired) electrons. The first-order chi connectivity index (χ1) is 6.54. The van der Waals surface area contributed by atoms with E-state index in [9.17, 15) is 9.59 Å². The third-order valence-electron chi connectivity index (χ3n) is 3.36. The van der Waals surface area contributed by atoms with E-state index in [-0.39, 0.29) is 48.1 Å². The van der Waals surface area contributed by atoms with Crippen LogP contribution in [0.25, 0.3) is 0 Å². The van der Waals surface area contributed by atoms with Crippen LogP contribution in [-0.4, -0.2) is 29.3 Å². The number of likely N-dealkylation sites (tertiary alicyclic amines) is 1. The second kappa shape index (κ2) is 5.23. The van der Waals surface area contributed by atoms with Crippen LogP contribution in [0.3, 0.4) is 0 Å². The highest BCUT2D eigenvalue weighted by Gasteiger charge is 2.49. The van der Waals surface area contributed by atoms with Crippen LogP contribution in [0.5, 0.6) is 0 Å². The Hall–Kier alpha value is -0.480. The van der Waals surface area contributed by atoms with Crippen LogP contribution in [0.4, 0.5) is 0 Å².